The molecule has 6 nitrogen and oxygen atoms in total. The van der Waals surface area contributed by atoms with Crippen LogP contribution in [0.5, 0.6) is 11.5 Å². The highest BCUT2D eigenvalue weighted by Crippen LogP contribution is 2.34. The lowest BCUT2D eigenvalue weighted by atomic mass is 10.1. The Bertz CT molecular complexity index is 1320. The number of rotatable bonds is 11. The minimum atomic E-state index is -0.0421. The molecule has 2 heterocycles. The lowest BCUT2D eigenvalue weighted by Crippen LogP contribution is -2.34. The number of benzene rings is 2. The predicted molar refractivity (Wildman–Crippen MR) is 151 cm³/mol. The van der Waals surface area contributed by atoms with E-state index in [1.165, 1.54) is 0 Å². The van der Waals surface area contributed by atoms with Crippen LogP contribution in [0.25, 0.3) is 27.6 Å². The van der Waals surface area contributed by atoms with Gasteiger partial charge in [0.15, 0.2) is 0 Å². The third-order valence-corrected chi connectivity index (χ3v) is 7.55. The number of hydrogen-bond acceptors (Lipinski definition) is 5. The lowest BCUT2D eigenvalue weighted by molar-refractivity contribution is 0.0932. The first-order chi connectivity index (χ1) is 18.0. The minimum Gasteiger partial charge on any atom is -0.497 e. The third kappa shape index (κ3) is 5.88. The summed E-state index contributed by atoms with van der Waals surface area (Å²) < 4.78 is 12.8. The van der Waals surface area contributed by atoms with E-state index in [-0.39, 0.29) is 11.9 Å². The van der Waals surface area contributed by atoms with Gasteiger partial charge in [0.2, 0.25) is 0 Å². The Labute approximate surface area is 223 Å². The van der Waals surface area contributed by atoms with Crippen LogP contribution in [0.3, 0.4) is 0 Å². The van der Waals surface area contributed by atoms with Gasteiger partial charge in [-0.05, 0) is 74.4 Å². The van der Waals surface area contributed by atoms with Gasteiger partial charge >= 0.3 is 0 Å². The molecule has 0 fully saturated rings. The van der Waals surface area contributed by atoms with Crippen LogP contribution in [0.4, 0.5) is 0 Å². The number of methoxy groups -OCH3 is 2. The molecule has 194 valence electrons. The van der Waals surface area contributed by atoms with Crippen LogP contribution in [0.2, 0.25) is 0 Å². The number of ether oxygens (including phenoxy) is 2. The molecule has 0 saturated carbocycles. The largest absolute Gasteiger partial charge is 0.497 e. The fourth-order valence-corrected chi connectivity index (χ4v) is 5.26. The van der Waals surface area contributed by atoms with E-state index in [9.17, 15) is 4.79 Å². The van der Waals surface area contributed by atoms with Gasteiger partial charge in [-0.2, -0.15) is 0 Å². The van der Waals surface area contributed by atoms with Gasteiger partial charge in [0, 0.05) is 28.4 Å². The van der Waals surface area contributed by atoms with E-state index < -0.39 is 0 Å². The zero-order chi connectivity index (χ0) is 26.4. The summed E-state index contributed by atoms with van der Waals surface area (Å²) in [5.41, 5.74) is 5.22. The molecule has 7 heteroatoms. The summed E-state index contributed by atoms with van der Waals surface area (Å²) in [6, 6.07) is 17.9. The zero-order valence-electron chi connectivity index (χ0n) is 22.2. The van der Waals surface area contributed by atoms with Crippen molar-refractivity contribution < 1.29 is 14.3 Å². The molecule has 4 rings (SSSR count). The van der Waals surface area contributed by atoms with Gasteiger partial charge in [-0.1, -0.05) is 26.7 Å². The molecule has 1 atom stereocenters. The third-order valence-electron chi connectivity index (χ3n) is 6.66. The van der Waals surface area contributed by atoms with Crippen LogP contribution < -0.4 is 14.8 Å². The van der Waals surface area contributed by atoms with Crippen molar-refractivity contribution in [3.63, 3.8) is 0 Å². The Morgan fingerprint density at radius 2 is 1.68 bits per heavy atom. The van der Waals surface area contributed by atoms with E-state index in [2.05, 4.69) is 23.7 Å². The second kappa shape index (κ2) is 12.1. The monoisotopic (exact) mass is 517 g/mol. The number of thiazole rings is 1. The highest BCUT2D eigenvalue weighted by atomic mass is 32.1. The number of nitrogens with one attached hydrogen (secondary N) is 1. The maximum Gasteiger partial charge on any atom is 0.253 e. The molecule has 0 aliphatic carbocycles. The summed E-state index contributed by atoms with van der Waals surface area (Å²) in [6.45, 7) is 6.29. The molecule has 0 spiro atoms. The fourth-order valence-electron chi connectivity index (χ4n) is 4.44. The van der Waals surface area contributed by atoms with Gasteiger partial charge in [-0.3, -0.25) is 4.79 Å². The van der Waals surface area contributed by atoms with Gasteiger partial charge in [-0.25, -0.2) is 4.98 Å². The average Bonchev–Trinajstić information content (AvgIpc) is 3.56. The Kier molecular flexibility index (Phi) is 8.66. The van der Waals surface area contributed by atoms with Crippen molar-refractivity contribution in [1.29, 1.82) is 0 Å². The molecule has 1 N–H and O–H groups in total. The summed E-state index contributed by atoms with van der Waals surface area (Å²) in [7, 11) is 3.31. The number of aromatic nitrogens is 2. The molecule has 0 aliphatic rings. The van der Waals surface area contributed by atoms with Crippen LogP contribution in [-0.4, -0.2) is 35.7 Å². The van der Waals surface area contributed by atoms with Crippen molar-refractivity contribution in [1.82, 2.24) is 14.9 Å². The van der Waals surface area contributed by atoms with E-state index in [4.69, 9.17) is 14.5 Å². The summed E-state index contributed by atoms with van der Waals surface area (Å²) in [5, 5.41) is 6.22. The molecule has 1 amide bonds. The lowest BCUT2D eigenvalue weighted by Gasteiger charge is -2.17. The second-order valence-electron chi connectivity index (χ2n) is 9.05. The quantitative estimate of drug-likeness (QED) is 0.227. The first-order valence-corrected chi connectivity index (χ1v) is 13.6. The van der Waals surface area contributed by atoms with Crippen LogP contribution in [0.15, 0.2) is 60.0 Å². The van der Waals surface area contributed by atoms with Crippen molar-refractivity contribution in [2.24, 2.45) is 0 Å². The number of unbranched alkanes of at least 4 members (excludes halogenated alkanes) is 1. The Morgan fingerprint density at radius 1 is 1.03 bits per heavy atom. The van der Waals surface area contributed by atoms with Gasteiger partial charge in [0.05, 0.1) is 31.2 Å². The molecule has 0 aliphatic heterocycles. The van der Waals surface area contributed by atoms with Gasteiger partial charge < -0.3 is 19.4 Å². The molecular formula is C30H35N3O3S. The van der Waals surface area contributed by atoms with Gasteiger partial charge in [-0.15, -0.1) is 11.3 Å². The summed E-state index contributed by atoms with van der Waals surface area (Å²) in [5.74, 6) is 1.55. The molecule has 0 bridgehead atoms. The number of carbonyl (C=O) groups is 1. The van der Waals surface area contributed by atoms with Gasteiger partial charge in [0.1, 0.15) is 16.5 Å². The van der Waals surface area contributed by atoms with Crippen LogP contribution in [0.1, 0.15) is 55.6 Å². The maximum absolute atomic E-state index is 13.4. The molecule has 0 radical (unpaired) electrons. The zero-order valence-corrected chi connectivity index (χ0v) is 23.0. The normalized spacial score (nSPS) is 11.8. The van der Waals surface area contributed by atoms with E-state index in [0.29, 0.717) is 5.56 Å². The van der Waals surface area contributed by atoms with Crippen molar-refractivity contribution in [3.8, 4) is 39.1 Å². The van der Waals surface area contributed by atoms with Crippen molar-refractivity contribution in [3.05, 3.63) is 71.2 Å². The second-order valence-corrected chi connectivity index (χ2v) is 9.91. The topological polar surface area (TPSA) is 65.4 Å². The molecular weight excluding hydrogens is 482 g/mol. The predicted octanol–water partition coefficient (Wildman–Crippen LogP) is 7.29. The molecule has 4 aromatic rings. The molecule has 2 aromatic heterocycles. The first kappa shape index (κ1) is 26.5. The Hall–Kier alpha value is -3.58. The molecule has 2 aromatic carbocycles. The molecule has 0 saturated heterocycles. The summed E-state index contributed by atoms with van der Waals surface area (Å²) >= 11 is 1.58. The van der Waals surface area contributed by atoms with E-state index >= 15 is 0 Å². The number of hydrogen-bond donors (Lipinski definition) is 1. The number of nitrogens with zero attached hydrogens (tertiary/aromatic N) is 2. The van der Waals surface area contributed by atoms with E-state index in [1.807, 2.05) is 66.9 Å². The summed E-state index contributed by atoms with van der Waals surface area (Å²) in [4.78, 5) is 18.4. The minimum absolute atomic E-state index is 0.0421. The van der Waals surface area contributed by atoms with Crippen molar-refractivity contribution in [2.45, 2.75) is 52.5 Å². The Balaban J connectivity index is 1.74. The molecule has 1 unspecified atom stereocenters. The SMILES string of the molecule is CCCCC(CC)NC(=O)c1cc(-c2csc(-c3ccc(OC)cc3)n2)n(-c2ccc(OC)cc2)c1C. The van der Waals surface area contributed by atoms with Crippen LogP contribution in [-0.2, 0) is 0 Å². The maximum atomic E-state index is 13.4. The first-order valence-electron chi connectivity index (χ1n) is 12.8. The fraction of sp³-hybridized carbons (Fsp3) is 0.333. The van der Waals surface area contributed by atoms with E-state index in [1.54, 1.807) is 25.6 Å². The van der Waals surface area contributed by atoms with Crippen molar-refractivity contribution >= 4 is 17.2 Å². The summed E-state index contributed by atoms with van der Waals surface area (Å²) in [6.07, 6.45) is 4.11. The van der Waals surface area contributed by atoms with Gasteiger partial charge in [0.25, 0.3) is 5.91 Å². The highest BCUT2D eigenvalue weighted by molar-refractivity contribution is 7.13. The van der Waals surface area contributed by atoms with Crippen LogP contribution in [0, 0.1) is 6.92 Å². The smallest absolute Gasteiger partial charge is 0.253 e. The standard InChI is InChI=1S/C30H35N3O3S/c1-6-8-9-22(7-2)31-29(34)26-18-28(33(20(26)3)23-12-16-25(36-5)17-13-23)27-19-37-30(32-27)21-10-14-24(35-4)15-11-21/h10-19,22H,6-9H2,1-5H3,(H,31,34). The molecule has 37 heavy (non-hydrogen) atoms. The van der Waals surface area contributed by atoms with E-state index in [0.717, 1.165) is 70.5 Å². The number of carbonyl (C=O) groups excluding carboxylic acids is 1. The van der Waals surface area contributed by atoms with Crippen molar-refractivity contribution in [2.75, 3.05) is 14.2 Å². The highest BCUT2D eigenvalue weighted by Gasteiger charge is 2.23. The average molecular weight is 518 g/mol. The number of amides is 1. The Morgan fingerprint density at radius 3 is 2.27 bits per heavy atom. The van der Waals surface area contributed by atoms with Crippen LogP contribution >= 0.6 is 11.3 Å².